The van der Waals surface area contributed by atoms with E-state index in [1.165, 1.54) is 16.3 Å². The highest BCUT2D eigenvalue weighted by molar-refractivity contribution is 6.89. The lowest BCUT2D eigenvalue weighted by Gasteiger charge is -2.33. The zero-order chi connectivity index (χ0) is 11.9. The van der Waals surface area contributed by atoms with Crippen LogP contribution in [0.25, 0.3) is 0 Å². The zero-order valence-electron chi connectivity index (χ0n) is 10.6. The van der Waals surface area contributed by atoms with Gasteiger partial charge in [-0.1, -0.05) is 43.0 Å². The van der Waals surface area contributed by atoms with Crippen LogP contribution in [0.15, 0.2) is 18.2 Å². The molecule has 0 saturated carbocycles. The fourth-order valence-corrected chi connectivity index (χ4v) is 4.27. The predicted octanol–water partition coefficient (Wildman–Crippen LogP) is 1.71. The summed E-state index contributed by atoms with van der Waals surface area (Å²) in [5.74, 6) is 0. The molecular formula is C13H21NOSi. The number of benzene rings is 1. The van der Waals surface area contributed by atoms with Gasteiger partial charge in [0.15, 0.2) is 0 Å². The van der Waals surface area contributed by atoms with Crippen LogP contribution in [0.4, 0.5) is 0 Å². The lowest BCUT2D eigenvalue weighted by molar-refractivity contribution is 0.109. The van der Waals surface area contributed by atoms with Gasteiger partial charge in [-0.25, -0.2) is 0 Å². The molecule has 0 amide bonds. The molecule has 0 spiro atoms. The topological polar surface area (TPSA) is 23.5 Å². The normalized spacial score (nSPS) is 21.9. The van der Waals surface area contributed by atoms with Crippen LogP contribution in [-0.4, -0.2) is 31.7 Å². The second-order valence-electron chi connectivity index (χ2n) is 5.84. The molecule has 16 heavy (non-hydrogen) atoms. The summed E-state index contributed by atoms with van der Waals surface area (Å²) in [6, 6.07) is 6.50. The Kier molecular flexibility index (Phi) is 2.95. The van der Waals surface area contributed by atoms with Crippen LogP contribution in [0.5, 0.6) is 0 Å². The number of nitrogens with zero attached hydrogens (tertiary/aromatic N) is 1. The van der Waals surface area contributed by atoms with Crippen LogP contribution in [0.3, 0.4) is 0 Å². The first-order chi connectivity index (χ1) is 7.39. The molecule has 3 heteroatoms. The Bertz CT molecular complexity index is 397. The van der Waals surface area contributed by atoms with E-state index in [-0.39, 0.29) is 6.10 Å². The van der Waals surface area contributed by atoms with Gasteiger partial charge in [0.05, 0.1) is 14.2 Å². The Balaban J connectivity index is 2.55. The third-order valence-electron chi connectivity index (χ3n) is 3.26. The highest BCUT2D eigenvalue weighted by Crippen LogP contribution is 2.25. The highest BCUT2D eigenvalue weighted by Gasteiger charge is 2.29. The Labute approximate surface area is 98.9 Å². The number of hydrogen-bond acceptors (Lipinski definition) is 2. The van der Waals surface area contributed by atoms with E-state index in [1.807, 2.05) is 0 Å². The quantitative estimate of drug-likeness (QED) is 0.749. The molecule has 0 bridgehead atoms. The number of likely N-dealkylation sites (N-methyl/N-ethyl adjacent to an activating group) is 1. The summed E-state index contributed by atoms with van der Waals surface area (Å²) in [6.07, 6.45) is -0.309. The van der Waals surface area contributed by atoms with Crippen LogP contribution >= 0.6 is 0 Å². The van der Waals surface area contributed by atoms with E-state index in [0.717, 1.165) is 13.1 Å². The minimum atomic E-state index is -1.35. The van der Waals surface area contributed by atoms with Crippen LogP contribution < -0.4 is 5.19 Å². The number of aliphatic hydroxyl groups excluding tert-OH is 1. The van der Waals surface area contributed by atoms with Gasteiger partial charge in [-0.2, -0.15) is 0 Å². The van der Waals surface area contributed by atoms with Crippen molar-refractivity contribution in [2.75, 3.05) is 13.6 Å². The molecule has 2 rings (SSSR count). The van der Waals surface area contributed by atoms with Crippen molar-refractivity contribution in [3.63, 3.8) is 0 Å². The van der Waals surface area contributed by atoms with E-state index >= 15 is 0 Å². The van der Waals surface area contributed by atoms with Gasteiger partial charge in [0, 0.05) is 13.1 Å². The van der Waals surface area contributed by atoms with Gasteiger partial charge in [-0.15, -0.1) is 0 Å². The fourth-order valence-electron chi connectivity index (χ4n) is 2.54. The SMILES string of the molecule is CN1Cc2cccc([Si](C)(C)C)c2[C@H](O)C1. The molecule has 0 aliphatic carbocycles. The van der Waals surface area contributed by atoms with Gasteiger partial charge in [0.2, 0.25) is 0 Å². The molecule has 1 heterocycles. The molecule has 0 aromatic heterocycles. The van der Waals surface area contributed by atoms with Crippen molar-refractivity contribution in [2.45, 2.75) is 32.3 Å². The molecule has 0 fully saturated rings. The number of hydrogen-bond donors (Lipinski definition) is 1. The molecule has 88 valence electrons. The van der Waals surface area contributed by atoms with E-state index in [9.17, 15) is 5.11 Å². The molecule has 1 aliphatic heterocycles. The Morgan fingerprint density at radius 2 is 2.00 bits per heavy atom. The molecule has 1 N–H and O–H groups in total. The fraction of sp³-hybridized carbons (Fsp3) is 0.538. The van der Waals surface area contributed by atoms with Crippen molar-refractivity contribution in [2.24, 2.45) is 0 Å². The van der Waals surface area contributed by atoms with Gasteiger partial charge < -0.3 is 5.11 Å². The summed E-state index contributed by atoms with van der Waals surface area (Å²) in [5, 5.41) is 11.7. The van der Waals surface area contributed by atoms with E-state index in [0.29, 0.717) is 0 Å². The number of aliphatic hydroxyl groups is 1. The molecule has 1 atom stereocenters. The molecule has 2 nitrogen and oxygen atoms in total. The van der Waals surface area contributed by atoms with Crippen molar-refractivity contribution < 1.29 is 5.11 Å². The van der Waals surface area contributed by atoms with Crippen LogP contribution in [0.2, 0.25) is 19.6 Å². The molecule has 0 unspecified atom stereocenters. The van der Waals surface area contributed by atoms with Crippen LogP contribution in [0.1, 0.15) is 17.2 Å². The summed E-state index contributed by atoms with van der Waals surface area (Å²) >= 11 is 0. The third-order valence-corrected chi connectivity index (χ3v) is 5.31. The van der Waals surface area contributed by atoms with Gasteiger partial charge in [-0.3, -0.25) is 4.90 Å². The lowest BCUT2D eigenvalue weighted by atomic mass is 9.98. The smallest absolute Gasteiger partial charge is 0.0918 e. The Hall–Kier alpha value is -0.643. The molecule has 0 saturated heterocycles. The summed E-state index contributed by atoms with van der Waals surface area (Å²) < 4.78 is 0. The molecule has 1 aliphatic rings. The van der Waals surface area contributed by atoms with Crippen molar-refractivity contribution in [1.29, 1.82) is 0 Å². The van der Waals surface area contributed by atoms with Crippen molar-refractivity contribution in [3.05, 3.63) is 29.3 Å². The number of rotatable bonds is 1. The first kappa shape index (κ1) is 11.8. The van der Waals surface area contributed by atoms with Crippen molar-refractivity contribution in [3.8, 4) is 0 Å². The van der Waals surface area contributed by atoms with Crippen molar-refractivity contribution in [1.82, 2.24) is 4.90 Å². The van der Waals surface area contributed by atoms with Crippen LogP contribution in [0, 0.1) is 0 Å². The standard InChI is InChI=1S/C13H21NOSi/c1-14-8-10-6-5-7-12(16(2,3)4)13(10)11(15)9-14/h5-7,11,15H,8-9H2,1-4H3/t11-/m1/s1. The molecule has 1 aromatic rings. The summed E-state index contributed by atoms with van der Waals surface area (Å²) in [7, 11) is 0.708. The largest absolute Gasteiger partial charge is 0.387 e. The maximum atomic E-state index is 10.3. The average Bonchev–Trinajstić information content (AvgIpc) is 2.14. The number of β-amino-alcohol motifs (C(OH)–C–C–N with tert-alkyl or cyclic N) is 1. The zero-order valence-corrected chi connectivity index (χ0v) is 11.6. The second-order valence-corrected chi connectivity index (χ2v) is 10.9. The molecular weight excluding hydrogens is 214 g/mol. The van der Waals surface area contributed by atoms with E-state index < -0.39 is 8.07 Å². The summed E-state index contributed by atoms with van der Waals surface area (Å²) in [6.45, 7) is 8.74. The first-order valence-electron chi connectivity index (χ1n) is 5.88. The Morgan fingerprint density at radius 1 is 1.31 bits per heavy atom. The summed E-state index contributed by atoms with van der Waals surface area (Å²) in [4.78, 5) is 2.18. The van der Waals surface area contributed by atoms with Crippen LogP contribution in [-0.2, 0) is 6.54 Å². The van der Waals surface area contributed by atoms with E-state index in [1.54, 1.807) is 0 Å². The van der Waals surface area contributed by atoms with Gasteiger partial charge >= 0.3 is 0 Å². The number of fused-ring (bicyclic) bond motifs is 1. The van der Waals surface area contributed by atoms with Crippen molar-refractivity contribution >= 4 is 13.3 Å². The lowest BCUT2D eigenvalue weighted by Crippen LogP contribution is -2.44. The minimum Gasteiger partial charge on any atom is -0.387 e. The predicted molar refractivity (Wildman–Crippen MR) is 70.7 cm³/mol. The maximum absolute atomic E-state index is 10.3. The van der Waals surface area contributed by atoms with Gasteiger partial charge in [0.25, 0.3) is 0 Å². The second kappa shape index (κ2) is 3.98. The van der Waals surface area contributed by atoms with E-state index in [2.05, 4.69) is 49.8 Å². The summed E-state index contributed by atoms with van der Waals surface area (Å²) in [5.41, 5.74) is 2.53. The monoisotopic (exact) mass is 235 g/mol. The average molecular weight is 235 g/mol. The third kappa shape index (κ3) is 2.07. The van der Waals surface area contributed by atoms with Gasteiger partial charge in [0.1, 0.15) is 0 Å². The van der Waals surface area contributed by atoms with E-state index in [4.69, 9.17) is 0 Å². The molecule has 1 aromatic carbocycles. The van der Waals surface area contributed by atoms with Gasteiger partial charge in [-0.05, 0) is 18.2 Å². The highest BCUT2D eigenvalue weighted by atomic mass is 28.3. The first-order valence-corrected chi connectivity index (χ1v) is 9.38. The minimum absolute atomic E-state index is 0.309. The Morgan fingerprint density at radius 3 is 2.62 bits per heavy atom. The molecule has 0 radical (unpaired) electrons. The maximum Gasteiger partial charge on any atom is 0.0918 e.